The van der Waals surface area contributed by atoms with Gasteiger partial charge in [-0.05, 0) is 6.92 Å². The van der Waals surface area contributed by atoms with Crippen LogP contribution in [0.25, 0.3) is 0 Å². The van der Waals surface area contributed by atoms with Crippen molar-refractivity contribution in [2.75, 3.05) is 5.94 Å². The Morgan fingerprint density at radius 1 is 2.00 bits per heavy atom. The van der Waals surface area contributed by atoms with Gasteiger partial charge in [0.15, 0.2) is 5.94 Å². The van der Waals surface area contributed by atoms with Gasteiger partial charge in [-0.1, -0.05) is 5.16 Å². The first-order chi connectivity index (χ1) is 2.91. The second kappa shape index (κ2) is 4.82. The van der Waals surface area contributed by atoms with Gasteiger partial charge < -0.3 is 4.84 Å². The molecule has 0 rings (SSSR count). The lowest BCUT2D eigenvalue weighted by atomic mass is 10.9. The Morgan fingerprint density at radius 2 is 2.67 bits per heavy atom. The van der Waals surface area contributed by atoms with E-state index in [4.69, 9.17) is 0 Å². The first-order valence-electron chi connectivity index (χ1n) is 1.62. The first-order valence-corrected chi connectivity index (χ1v) is 2.26. The minimum atomic E-state index is 0.352. The predicted molar refractivity (Wildman–Crippen MR) is 29.1 cm³/mol. The van der Waals surface area contributed by atoms with Gasteiger partial charge in [0, 0.05) is 6.21 Å². The van der Waals surface area contributed by atoms with Gasteiger partial charge in [0.2, 0.25) is 0 Å². The largest absolute Gasteiger partial charge is 0.385 e. The van der Waals surface area contributed by atoms with Crippen LogP contribution in [0.15, 0.2) is 5.16 Å². The zero-order chi connectivity index (χ0) is 4.83. The summed E-state index contributed by atoms with van der Waals surface area (Å²) in [4.78, 5) is 4.42. The quantitative estimate of drug-likeness (QED) is 0.239. The molecule has 0 aromatic carbocycles. The van der Waals surface area contributed by atoms with Crippen molar-refractivity contribution in [1.29, 1.82) is 0 Å². The van der Waals surface area contributed by atoms with Gasteiger partial charge in [0.05, 0.1) is 0 Å². The van der Waals surface area contributed by atoms with E-state index >= 15 is 0 Å². The molecule has 0 spiro atoms. The molecule has 0 aliphatic rings. The van der Waals surface area contributed by atoms with E-state index in [1.165, 1.54) is 0 Å². The van der Waals surface area contributed by atoms with Gasteiger partial charge in [-0.3, -0.25) is 0 Å². The molecule has 0 aliphatic heterocycles. The third kappa shape index (κ3) is 3.82. The molecule has 36 valence electrons. The lowest BCUT2D eigenvalue weighted by Crippen LogP contribution is -1.72. The average molecular weight is 105 g/mol. The van der Waals surface area contributed by atoms with Gasteiger partial charge in [-0.15, -0.1) is 12.6 Å². The van der Waals surface area contributed by atoms with Crippen LogP contribution in [0.3, 0.4) is 0 Å². The maximum Gasteiger partial charge on any atom is 0.159 e. The fourth-order valence-corrected chi connectivity index (χ4v) is 0.175. The highest BCUT2D eigenvalue weighted by atomic mass is 32.1. The first kappa shape index (κ1) is 5.82. The van der Waals surface area contributed by atoms with Crippen LogP contribution in [0.1, 0.15) is 6.92 Å². The van der Waals surface area contributed by atoms with Crippen molar-refractivity contribution in [2.45, 2.75) is 6.92 Å². The van der Waals surface area contributed by atoms with Gasteiger partial charge in [-0.2, -0.15) is 0 Å². The van der Waals surface area contributed by atoms with E-state index in [1.54, 1.807) is 13.1 Å². The van der Waals surface area contributed by atoms with Crippen LogP contribution in [0.2, 0.25) is 0 Å². The minimum Gasteiger partial charge on any atom is -0.385 e. The zero-order valence-corrected chi connectivity index (χ0v) is 4.48. The fraction of sp³-hybridized carbons (Fsp3) is 0.667. The maximum absolute atomic E-state index is 4.42. The Balaban J connectivity index is 2.66. The van der Waals surface area contributed by atoms with E-state index in [2.05, 4.69) is 22.6 Å². The standard InChI is InChI=1S/C3H7NOS/c1-2-4-5-3-6/h2,6H,3H2,1H3/b4-2-. The van der Waals surface area contributed by atoms with Crippen LogP contribution in [-0.4, -0.2) is 12.2 Å². The molecule has 0 unspecified atom stereocenters. The van der Waals surface area contributed by atoms with Crippen molar-refractivity contribution in [3.8, 4) is 0 Å². The summed E-state index contributed by atoms with van der Waals surface area (Å²) >= 11 is 3.72. The van der Waals surface area contributed by atoms with Crippen LogP contribution < -0.4 is 0 Å². The van der Waals surface area contributed by atoms with Crippen molar-refractivity contribution in [1.82, 2.24) is 0 Å². The Kier molecular flexibility index (Phi) is 4.68. The molecule has 6 heavy (non-hydrogen) atoms. The van der Waals surface area contributed by atoms with Crippen molar-refractivity contribution >= 4 is 18.8 Å². The summed E-state index contributed by atoms with van der Waals surface area (Å²) in [6.07, 6.45) is 1.57. The van der Waals surface area contributed by atoms with Crippen LogP contribution in [0.4, 0.5) is 0 Å². The Labute approximate surface area is 42.6 Å². The summed E-state index contributed by atoms with van der Waals surface area (Å²) in [5.74, 6) is 0.352. The van der Waals surface area contributed by atoms with Crippen LogP contribution >= 0.6 is 12.6 Å². The second-order valence-corrected chi connectivity index (χ2v) is 0.880. The normalized spacial score (nSPS) is 9.67. The van der Waals surface area contributed by atoms with Gasteiger partial charge in [-0.25, -0.2) is 0 Å². The maximum atomic E-state index is 4.42. The summed E-state index contributed by atoms with van der Waals surface area (Å²) in [6, 6.07) is 0. The molecular formula is C3H7NOS. The Bertz CT molecular complexity index is 46.1. The summed E-state index contributed by atoms with van der Waals surface area (Å²) in [5.41, 5.74) is 0. The molecule has 0 aromatic rings. The van der Waals surface area contributed by atoms with Gasteiger partial charge >= 0.3 is 0 Å². The molecule has 0 saturated carbocycles. The molecule has 0 radical (unpaired) electrons. The number of nitrogens with zero attached hydrogens (tertiary/aromatic N) is 1. The lowest BCUT2D eigenvalue weighted by molar-refractivity contribution is 0.199. The fourth-order valence-electron chi connectivity index (χ4n) is 0.108. The molecule has 0 atom stereocenters. The number of hydrogen-bond donors (Lipinski definition) is 1. The van der Waals surface area contributed by atoms with Crippen LogP contribution in [0, 0.1) is 0 Å². The molecule has 0 aromatic heterocycles. The predicted octanol–water partition coefficient (Wildman–Crippen LogP) is 0.896. The molecule has 2 nitrogen and oxygen atoms in total. The van der Waals surface area contributed by atoms with Gasteiger partial charge in [0.1, 0.15) is 0 Å². The molecule has 0 fully saturated rings. The highest BCUT2D eigenvalue weighted by molar-refractivity contribution is 7.80. The molecule has 0 saturated heterocycles. The topological polar surface area (TPSA) is 21.6 Å². The minimum absolute atomic E-state index is 0.352. The third-order valence-corrected chi connectivity index (χ3v) is 0.353. The number of oxime groups is 1. The lowest BCUT2D eigenvalue weighted by Gasteiger charge is -1.83. The summed E-state index contributed by atoms with van der Waals surface area (Å²) < 4.78 is 0. The highest BCUT2D eigenvalue weighted by Crippen LogP contribution is 1.74. The van der Waals surface area contributed by atoms with E-state index in [0.29, 0.717) is 5.94 Å². The summed E-state index contributed by atoms with van der Waals surface area (Å²) in [6.45, 7) is 1.78. The van der Waals surface area contributed by atoms with Crippen LogP contribution in [0.5, 0.6) is 0 Å². The van der Waals surface area contributed by atoms with E-state index in [0.717, 1.165) is 0 Å². The number of hydrogen-bond acceptors (Lipinski definition) is 3. The SMILES string of the molecule is C/C=N\OCS. The average Bonchev–Trinajstić information content (AvgIpc) is 1.61. The smallest absolute Gasteiger partial charge is 0.159 e. The van der Waals surface area contributed by atoms with Crippen molar-refractivity contribution < 1.29 is 4.84 Å². The van der Waals surface area contributed by atoms with Crippen LogP contribution in [-0.2, 0) is 4.84 Å². The van der Waals surface area contributed by atoms with Crippen molar-refractivity contribution in [3.63, 3.8) is 0 Å². The third-order valence-electron chi connectivity index (χ3n) is 0.238. The molecule has 0 heterocycles. The molecule has 0 amide bonds. The molecule has 3 heteroatoms. The number of rotatable bonds is 2. The molecular weight excluding hydrogens is 98.1 g/mol. The van der Waals surface area contributed by atoms with E-state index < -0.39 is 0 Å². The number of thiol groups is 1. The second-order valence-electron chi connectivity index (χ2n) is 0.622. The molecule has 0 bridgehead atoms. The van der Waals surface area contributed by atoms with Crippen molar-refractivity contribution in [3.05, 3.63) is 0 Å². The van der Waals surface area contributed by atoms with E-state index in [1.807, 2.05) is 0 Å². The summed E-state index contributed by atoms with van der Waals surface area (Å²) in [5, 5.41) is 3.39. The van der Waals surface area contributed by atoms with Gasteiger partial charge in [0.25, 0.3) is 0 Å². The van der Waals surface area contributed by atoms with E-state index in [-0.39, 0.29) is 0 Å². The monoisotopic (exact) mass is 105 g/mol. The molecule has 0 aliphatic carbocycles. The zero-order valence-electron chi connectivity index (χ0n) is 3.59. The Morgan fingerprint density at radius 3 is 2.83 bits per heavy atom. The van der Waals surface area contributed by atoms with Crippen molar-refractivity contribution in [2.24, 2.45) is 5.16 Å². The Hall–Kier alpha value is -0.180. The molecule has 0 N–H and O–H groups in total. The summed E-state index contributed by atoms with van der Waals surface area (Å²) in [7, 11) is 0. The van der Waals surface area contributed by atoms with E-state index in [9.17, 15) is 0 Å². The highest BCUT2D eigenvalue weighted by Gasteiger charge is 1.61.